The molecule has 9 heteroatoms. The predicted molar refractivity (Wildman–Crippen MR) is 117 cm³/mol. The maximum absolute atomic E-state index is 12.8. The maximum Gasteiger partial charge on any atom is 0.412 e. The molecule has 2 aromatic carbocycles. The van der Waals surface area contributed by atoms with Crippen LogP contribution in [0.4, 0.5) is 16.2 Å². The van der Waals surface area contributed by atoms with Gasteiger partial charge in [-0.15, -0.1) is 0 Å². The second kappa shape index (κ2) is 8.19. The van der Waals surface area contributed by atoms with E-state index in [1.165, 1.54) is 6.07 Å². The standard InChI is InChI=1S/C21H20BrN3O5/c1-21(2,3)30-20(28)24-13-6-4-5-11(9-13)19(27)25-16-14-10-12(22)7-8-15(14)29-17(16)18(23)26/h4-10H,1-3H3,(H2,23,26)(H,24,28)(H,25,27). The fourth-order valence-corrected chi connectivity index (χ4v) is 3.07. The first-order valence-electron chi connectivity index (χ1n) is 8.97. The highest BCUT2D eigenvalue weighted by molar-refractivity contribution is 9.10. The molecule has 0 aliphatic carbocycles. The zero-order chi connectivity index (χ0) is 22.1. The Bertz CT molecular complexity index is 1150. The minimum Gasteiger partial charge on any atom is -0.449 e. The number of hydrogen-bond acceptors (Lipinski definition) is 5. The molecule has 0 bridgehead atoms. The number of anilines is 2. The van der Waals surface area contributed by atoms with Crippen molar-refractivity contribution >= 4 is 56.2 Å². The molecular weight excluding hydrogens is 454 g/mol. The number of ether oxygens (including phenoxy) is 1. The molecule has 30 heavy (non-hydrogen) atoms. The Morgan fingerprint density at radius 3 is 2.47 bits per heavy atom. The van der Waals surface area contributed by atoms with Gasteiger partial charge in [-0.2, -0.15) is 0 Å². The van der Waals surface area contributed by atoms with Crippen molar-refractivity contribution < 1.29 is 23.5 Å². The third-order valence-corrected chi connectivity index (χ3v) is 4.38. The number of carbonyl (C=O) groups is 3. The molecule has 0 atom stereocenters. The second-order valence-corrected chi connectivity index (χ2v) is 8.39. The molecule has 0 unspecified atom stereocenters. The van der Waals surface area contributed by atoms with Crippen LogP contribution in [0.5, 0.6) is 0 Å². The van der Waals surface area contributed by atoms with E-state index in [1.54, 1.807) is 57.2 Å². The fourth-order valence-electron chi connectivity index (χ4n) is 2.71. The summed E-state index contributed by atoms with van der Waals surface area (Å²) in [6.45, 7) is 5.25. The van der Waals surface area contributed by atoms with Crippen LogP contribution in [0.1, 0.15) is 41.7 Å². The largest absolute Gasteiger partial charge is 0.449 e. The quantitative estimate of drug-likeness (QED) is 0.497. The van der Waals surface area contributed by atoms with Gasteiger partial charge < -0.3 is 20.2 Å². The Labute approximate surface area is 180 Å². The van der Waals surface area contributed by atoms with Gasteiger partial charge in [0, 0.05) is 21.1 Å². The third-order valence-electron chi connectivity index (χ3n) is 3.88. The van der Waals surface area contributed by atoms with Gasteiger partial charge in [0.25, 0.3) is 11.8 Å². The van der Waals surface area contributed by atoms with Crippen LogP contribution in [0.3, 0.4) is 0 Å². The molecule has 0 aliphatic heterocycles. The molecule has 3 amide bonds. The second-order valence-electron chi connectivity index (χ2n) is 7.47. The summed E-state index contributed by atoms with van der Waals surface area (Å²) in [7, 11) is 0. The highest BCUT2D eigenvalue weighted by Crippen LogP contribution is 2.33. The number of carbonyl (C=O) groups excluding carboxylic acids is 3. The zero-order valence-electron chi connectivity index (χ0n) is 16.5. The number of primary amides is 1. The summed E-state index contributed by atoms with van der Waals surface area (Å²) < 4.78 is 11.4. The highest BCUT2D eigenvalue weighted by atomic mass is 79.9. The van der Waals surface area contributed by atoms with E-state index in [0.29, 0.717) is 16.7 Å². The van der Waals surface area contributed by atoms with Gasteiger partial charge in [-0.05, 0) is 57.2 Å². The van der Waals surface area contributed by atoms with E-state index in [4.69, 9.17) is 14.9 Å². The third kappa shape index (κ3) is 4.98. The zero-order valence-corrected chi connectivity index (χ0v) is 18.1. The molecular formula is C21H20BrN3O5. The van der Waals surface area contributed by atoms with Crippen molar-refractivity contribution in [3.63, 3.8) is 0 Å². The number of hydrogen-bond donors (Lipinski definition) is 3. The summed E-state index contributed by atoms with van der Waals surface area (Å²) in [6, 6.07) is 11.4. The Balaban J connectivity index is 1.87. The number of rotatable bonds is 4. The number of nitrogens with one attached hydrogen (secondary N) is 2. The van der Waals surface area contributed by atoms with Crippen LogP contribution >= 0.6 is 15.9 Å². The van der Waals surface area contributed by atoms with Crippen molar-refractivity contribution in [2.45, 2.75) is 26.4 Å². The fraction of sp³-hybridized carbons (Fsp3) is 0.190. The van der Waals surface area contributed by atoms with E-state index < -0.39 is 23.5 Å². The summed E-state index contributed by atoms with van der Waals surface area (Å²) >= 11 is 3.35. The van der Waals surface area contributed by atoms with Crippen LogP contribution in [-0.2, 0) is 4.74 Å². The van der Waals surface area contributed by atoms with Crippen LogP contribution in [0.25, 0.3) is 11.0 Å². The van der Waals surface area contributed by atoms with Crippen molar-refractivity contribution in [1.29, 1.82) is 0 Å². The van der Waals surface area contributed by atoms with Gasteiger partial charge in [0.1, 0.15) is 16.9 Å². The normalized spacial score (nSPS) is 11.2. The highest BCUT2D eigenvalue weighted by Gasteiger charge is 2.22. The van der Waals surface area contributed by atoms with Gasteiger partial charge in [-0.3, -0.25) is 14.9 Å². The summed E-state index contributed by atoms with van der Waals surface area (Å²) in [5.41, 5.74) is 5.97. The SMILES string of the molecule is CC(C)(C)OC(=O)Nc1cccc(C(=O)Nc2c(C(N)=O)oc3ccc(Br)cc23)c1. The Kier molecular flexibility index (Phi) is 5.84. The molecule has 3 aromatic rings. The summed E-state index contributed by atoms with van der Waals surface area (Å²) in [6.07, 6.45) is -0.637. The average Bonchev–Trinajstić information content (AvgIpc) is 2.98. The van der Waals surface area contributed by atoms with Crippen LogP contribution < -0.4 is 16.4 Å². The molecule has 0 saturated heterocycles. The summed E-state index contributed by atoms with van der Waals surface area (Å²) in [5, 5.41) is 5.78. The molecule has 8 nitrogen and oxygen atoms in total. The van der Waals surface area contributed by atoms with Crippen LogP contribution in [0, 0.1) is 0 Å². The first-order chi connectivity index (χ1) is 14.0. The molecule has 4 N–H and O–H groups in total. The minimum absolute atomic E-state index is 0.153. The lowest BCUT2D eigenvalue weighted by atomic mass is 10.1. The minimum atomic E-state index is -0.807. The van der Waals surface area contributed by atoms with E-state index in [1.807, 2.05) is 0 Å². The van der Waals surface area contributed by atoms with Crippen molar-refractivity contribution in [2.24, 2.45) is 5.73 Å². The Hall–Kier alpha value is -3.33. The number of nitrogens with two attached hydrogens (primary N) is 1. The van der Waals surface area contributed by atoms with Crippen LogP contribution in [0.2, 0.25) is 0 Å². The molecule has 0 aliphatic rings. The molecule has 0 spiro atoms. The van der Waals surface area contributed by atoms with Gasteiger partial charge in [0.2, 0.25) is 5.76 Å². The lowest BCUT2D eigenvalue weighted by Crippen LogP contribution is -2.27. The molecule has 1 heterocycles. The lowest BCUT2D eigenvalue weighted by molar-refractivity contribution is 0.0635. The van der Waals surface area contributed by atoms with Crippen LogP contribution in [0.15, 0.2) is 51.4 Å². The molecule has 0 fully saturated rings. The molecule has 0 saturated carbocycles. The van der Waals surface area contributed by atoms with E-state index >= 15 is 0 Å². The van der Waals surface area contributed by atoms with Crippen LogP contribution in [-0.4, -0.2) is 23.5 Å². The first-order valence-corrected chi connectivity index (χ1v) is 9.76. The predicted octanol–water partition coefficient (Wildman–Crippen LogP) is 4.89. The number of benzene rings is 2. The summed E-state index contributed by atoms with van der Waals surface area (Å²) in [4.78, 5) is 36.6. The van der Waals surface area contributed by atoms with Crippen molar-refractivity contribution in [1.82, 2.24) is 0 Å². The van der Waals surface area contributed by atoms with Crippen molar-refractivity contribution in [2.75, 3.05) is 10.6 Å². The van der Waals surface area contributed by atoms with Crippen molar-refractivity contribution in [3.05, 3.63) is 58.3 Å². The topological polar surface area (TPSA) is 124 Å². The van der Waals surface area contributed by atoms with Gasteiger partial charge in [0.15, 0.2) is 0 Å². The monoisotopic (exact) mass is 473 g/mol. The number of fused-ring (bicyclic) bond motifs is 1. The Morgan fingerprint density at radius 1 is 1.07 bits per heavy atom. The summed E-state index contributed by atoms with van der Waals surface area (Å²) in [5.74, 6) is -1.47. The molecule has 156 valence electrons. The average molecular weight is 474 g/mol. The van der Waals surface area contributed by atoms with Gasteiger partial charge in [-0.25, -0.2) is 4.79 Å². The lowest BCUT2D eigenvalue weighted by Gasteiger charge is -2.19. The van der Waals surface area contributed by atoms with E-state index in [2.05, 4.69) is 26.6 Å². The van der Waals surface area contributed by atoms with E-state index in [-0.39, 0.29) is 17.0 Å². The van der Waals surface area contributed by atoms with Crippen molar-refractivity contribution in [3.8, 4) is 0 Å². The van der Waals surface area contributed by atoms with Gasteiger partial charge in [0.05, 0.1) is 0 Å². The van der Waals surface area contributed by atoms with Gasteiger partial charge >= 0.3 is 6.09 Å². The first kappa shape index (κ1) is 21.4. The Morgan fingerprint density at radius 2 is 1.80 bits per heavy atom. The molecule has 1 aromatic heterocycles. The maximum atomic E-state index is 12.8. The number of halogens is 1. The molecule has 0 radical (unpaired) electrons. The number of furan rings is 1. The molecule has 3 rings (SSSR count). The van der Waals surface area contributed by atoms with Gasteiger partial charge in [-0.1, -0.05) is 22.0 Å². The number of amides is 3. The van der Waals surface area contributed by atoms with E-state index in [0.717, 1.165) is 4.47 Å². The smallest absolute Gasteiger partial charge is 0.412 e. The van der Waals surface area contributed by atoms with E-state index in [9.17, 15) is 14.4 Å².